The molecule has 2 rings (SSSR count). The second-order valence-electron chi connectivity index (χ2n) is 4.01. The lowest BCUT2D eigenvalue weighted by atomic mass is 10.1. The van der Waals surface area contributed by atoms with Crippen LogP contribution in [0.4, 0.5) is 11.4 Å². The van der Waals surface area contributed by atoms with Gasteiger partial charge in [-0.1, -0.05) is 17.9 Å². The fourth-order valence-electron chi connectivity index (χ4n) is 1.65. The van der Waals surface area contributed by atoms with E-state index in [0.29, 0.717) is 0 Å². The lowest BCUT2D eigenvalue weighted by Crippen LogP contribution is -1.88. The van der Waals surface area contributed by atoms with Crippen LogP contribution >= 0.6 is 0 Å². The van der Waals surface area contributed by atoms with E-state index in [-0.39, 0.29) is 0 Å². The highest BCUT2D eigenvalue weighted by atomic mass is 14.5. The first-order valence-electron chi connectivity index (χ1n) is 5.38. The maximum atomic E-state index is 5.76. The van der Waals surface area contributed by atoms with E-state index >= 15 is 0 Å². The zero-order valence-corrected chi connectivity index (χ0v) is 9.70. The molecular weight excluding hydrogens is 208 g/mol. The Morgan fingerprint density at radius 3 is 2.24 bits per heavy atom. The van der Waals surface area contributed by atoms with Crippen LogP contribution in [0.1, 0.15) is 16.7 Å². The molecule has 0 radical (unpaired) electrons. The summed E-state index contributed by atoms with van der Waals surface area (Å²) in [6.07, 6.45) is 0. The highest BCUT2D eigenvalue weighted by molar-refractivity contribution is 5.53. The summed E-state index contributed by atoms with van der Waals surface area (Å²) in [7, 11) is 0. The van der Waals surface area contributed by atoms with E-state index in [0.717, 1.165) is 28.1 Å². The average Bonchev–Trinajstić information content (AvgIpc) is 2.25. The van der Waals surface area contributed by atoms with Gasteiger partial charge in [-0.05, 0) is 48.9 Å². The van der Waals surface area contributed by atoms with Gasteiger partial charge in [0, 0.05) is 22.5 Å². The average molecular weight is 222 g/mol. The molecule has 2 aromatic carbocycles. The van der Waals surface area contributed by atoms with Crippen molar-refractivity contribution in [3.63, 3.8) is 0 Å². The van der Waals surface area contributed by atoms with Gasteiger partial charge in [0.15, 0.2) is 0 Å². The van der Waals surface area contributed by atoms with E-state index in [1.54, 1.807) is 0 Å². The van der Waals surface area contributed by atoms with Crippen molar-refractivity contribution in [3.8, 4) is 11.8 Å². The Kier molecular flexibility index (Phi) is 3.02. The van der Waals surface area contributed by atoms with E-state index in [4.69, 9.17) is 11.5 Å². The molecule has 2 aromatic rings. The molecule has 2 heteroatoms. The Morgan fingerprint density at radius 1 is 0.824 bits per heavy atom. The van der Waals surface area contributed by atoms with Gasteiger partial charge in [0.25, 0.3) is 0 Å². The third-order valence-corrected chi connectivity index (χ3v) is 2.34. The molecule has 84 valence electrons. The van der Waals surface area contributed by atoms with Crippen LogP contribution in [0.25, 0.3) is 0 Å². The summed E-state index contributed by atoms with van der Waals surface area (Å²) in [5.74, 6) is 6.15. The van der Waals surface area contributed by atoms with Crippen molar-refractivity contribution in [2.45, 2.75) is 6.92 Å². The SMILES string of the molecule is Cc1cc(N)cc(C#Cc2cccc(N)c2)c1. The van der Waals surface area contributed by atoms with Gasteiger partial charge >= 0.3 is 0 Å². The van der Waals surface area contributed by atoms with Gasteiger partial charge in [0.2, 0.25) is 0 Å². The van der Waals surface area contributed by atoms with E-state index in [2.05, 4.69) is 11.8 Å². The van der Waals surface area contributed by atoms with Gasteiger partial charge in [0.1, 0.15) is 0 Å². The van der Waals surface area contributed by atoms with Crippen molar-refractivity contribution in [1.82, 2.24) is 0 Å². The summed E-state index contributed by atoms with van der Waals surface area (Å²) in [4.78, 5) is 0. The maximum Gasteiger partial charge on any atom is 0.0329 e. The van der Waals surface area contributed by atoms with Gasteiger partial charge in [-0.25, -0.2) is 0 Å². The monoisotopic (exact) mass is 222 g/mol. The molecule has 0 heterocycles. The molecular formula is C15H14N2. The Morgan fingerprint density at radius 2 is 1.53 bits per heavy atom. The Balaban J connectivity index is 2.32. The van der Waals surface area contributed by atoms with Crippen molar-refractivity contribution in [2.75, 3.05) is 11.5 Å². The highest BCUT2D eigenvalue weighted by Gasteiger charge is 1.92. The summed E-state index contributed by atoms with van der Waals surface area (Å²) in [6.45, 7) is 2.00. The zero-order valence-electron chi connectivity index (χ0n) is 9.70. The first kappa shape index (κ1) is 11.1. The number of hydrogen-bond acceptors (Lipinski definition) is 2. The second kappa shape index (κ2) is 4.63. The van der Waals surface area contributed by atoms with E-state index in [1.807, 2.05) is 49.4 Å². The molecule has 0 bridgehead atoms. The van der Waals surface area contributed by atoms with Gasteiger partial charge in [0.05, 0.1) is 0 Å². The maximum absolute atomic E-state index is 5.76. The van der Waals surface area contributed by atoms with Crippen LogP contribution in [0.2, 0.25) is 0 Å². The zero-order chi connectivity index (χ0) is 12.3. The molecule has 17 heavy (non-hydrogen) atoms. The first-order chi connectivity index (χ1) is 8.13. The number of aryl methyl sites for hydroxylation is 1. The molecule has 0 aliphatic heterocycles. The summed E-state index contributed by atoms with van der Waals surface area (Å²) in [5.41, 5.74) is 15.9. The van der Waals surface area contributed by atoms with Crippen molar-refractivity contribution in [2.24, 2.45) is 0 Å². The molecule has 0 aromatic heterocycles. The van der Waals surface area contributed by atoms with Crippen LogP contribution in [0.3, 0.4) is 0 Å². The molecule has 0 saturated carbocycles. The van der Waals surface area contributed by atoms with Crippen LogP contribution in [0.15, 0.2) is 42.5 Å². The summed E-state index contributed by atoms with van der Waals surface area (Å²) in [6, 6.07) is 13.3. The highest BCUT2D eigenvalue weighted by Crippen LogP contribution is 2.10. The Labute approximate surface area is 101 Å². The largest absolute Gasteiger partial charge is 0.399 e. The number of hydrogen-bond donors (Lipinski definition) is 2. The summed E-state index contributed by atoms with van der Waals surface area (Å²) >= 11 is 0. The van der Waals surface area contributed by atoms with E-state index in [9.17, 15) is 0 Å². The molecule has 0 amide bonds. The van der Waals surface area contributed by atoms with Crippen molar-refractivity contribution >= 4 is 11.4 Å². The predicted octanol–water partition coefficient (Wildman–Crippen LogP) is 2.56. The normalized spacial score (nSPS) is 9.47. The summed E-state index contributed by atoms with van der Waals surface area (Å²) < 4.78 is 0. The molecule has 4 N–H and O–H groups in total. The second-order valence-corrected chi connectivity index (χ2v) is 4.01. The number of anilines is 2. The Hall–Kier alpha value is -2.40. The van der Waals surface area contributed by atoms with Crippen LogP contribution < -0.4 is 11.5 Å². The molecule has 0 unspecified atom stereocenters. The first-order valence-corrected chi connectivity index (χ1v) is 5.38. The van der Waals surface area contributed by atoms with Crippen LogP contribution in [0, 0.1) is 18.8 Å². The molecule has 0 atom stereocenters. The standard InChI is InChI=1S/C15H14N2/c1-11-7-13(10-15(17)8-11)6-5-12-3-2-4-14(16)9-12/h2-4,7-10H,16-17H2,1H3. The minimum absolute atomic E-state index is 0.723. The smallest absolute Gasteiger partial charge is 0.0329 e. The quantitative estimate of drug-likeness (QED) is 0.531. The number of rotatable bonds is 0. The van der Waals surface area contributed by atoms with E-state index in [1.165, 1.54) is 0 Å². The molecule has 0 aliphatic rings. The Bertz CT molecular complexity index is 584. The summed E-state index contributed by atoms with van der Waals surface area (Å²) in [5, 5.41) is 0. The van der Waals surface area contributed by atoms with Crippen molar-refractivity contribution < 1.29 is 0 Å². The fourth-order valence-corrected chi connectivity index (χ4v) is 1.65. The molecule has 0 aliphatic carbocycles. The van der Waals surface area contributed by atoms with Gasteiger partial charge in [-0.3, -0.25) is 0 Å². The molecule has 2 nitrogen and oxygen atoms in total. The third kappa shape index (κ3) is 3.02. The molecule has 0 fully saturated rings. The fraction of sp³-hybridized carbons (Fsp3) is 0.0667. The predicted molar refractivity (Wildman–Crippen MR) is 72.4 cm³/mol. The minimum atomic E-state index is 0.723. The molecule has 0 spiro atoms. The number of nitrogens with two attached hydrogens (primary N) is 2. The minimum Gasteiger partial charge on any atom is -0.399 e. The van der Waals surface area contributed by atoms with Gasteiger partial charge in [-0.15, -0.1) is 0 Å². The number of nitrogen functional groups attached to an aromatic ring is 2. The van der Waals surface area contributed by atoms with Crippen molar-refractivity contribution in [3.05, 3.63) is 59.2 Å². The van der Waals surface area contributed by atoms with Gasteiger partial charge in [-0.2, -0.15) is 0 Å². The van der Waals surface area contributed by atoms with Crippen LogP contribution in [-0.4, -0.2) is 0 Å². The lowest BCUT2D eigenvalue weighted by Gasteiger charge is -1.97. The van der Waals surface area contributed by atoms with Gasteiger partial charge < -0.3 is 11.5 Å². The molecule has 0 saturated heterocycles. The topological polar surface area (TPSA) is 52.0 Å². The van der Waals surface area contributed by atoms with Crippen LogP contribution in [0.5, 0.6) is 0 Å². The third-order valence-electron chi connectivity index (χ3n) is 2.34. The lowest BCUT2D eigenvalue weighted by molar-refractivity contribution is 1.45. The van der Waals surface area contributed by atoms with Crippen molar-refractivity contribution in [1.29, 1.82) is 0 Å². The van der Waals surface area contributed by atoms with E-state index < -0.39 is 0 Å². The number of benzene rings is 2. The van der Waals surface area contributed by atoms with Crippen LogP contribution in [-0.2, 0) is 0 Å².